The number of hydrogen-bond acceptors (Lipinski definition) is 1. The predicted molar refractivity (Wildman–Crippen MR) is 102 cm³/mol. The second-order valence-electron chi connectivity index (χ2n) is 6.29. The molecule has 0 unspecified atom stereocenters. The van der Waals surface area contributed by atoms with Crippen LogP contribution in [0.15, 0.2) is 89.7 Å². The molecule has 3 aromatic carbocycles. The molecule has 120 valence electrons. The lowest BCUT2D eigenvalue weighted by Gasteiger charge is -2.12. The van der Waals surface area contributed by atoms with Gasteiger partial charge in [0.15, 0.2) is 0 Å². The zero-order chi connectivity index (χ0) is 16.8. The van der Waals surface area contributed by atoms with Crippen molar-refractivity contribution in [2.45, 2.75) is 6.54 Å². The number of nitrogens with zero attached hydrogens (tertiary/aromatic N) is 2. The van der Waals surface area contributed by atoms with Crippen molar-refractivity contribution in [3.05, 3.63) is 101 Å². The largest absolute Gasteiger partial charge is 0.295 e. The van der Waals surface area contributed by atoms with Gasteiger partial charge >= 0.3 is 0 Å². The first-order valence-corrected chi connectivity index (χ1v) is 8.38. The molecule has 5 rings (SSSR count). The standard InChI is InChI=1S/C22H16N2O/c25-22-18-11-5-7-13-20(18)24-19-12-6-4-10-17(19)14-21(24)23(22)15-16-8-2-1-3-9-16/h1-14H,15H2. The number of rotatable bonds is 2. The highest BCUT2D eigenvalue weighted by molar-refractivity contribution is 5.93. The zero-order valence-corrected chi connectivity index (χ0v) is 13.6. The van der Waals surface area contributed by atoms with E-state index < -0.39 is 0 Å². The minimum atomic E-state index is 0.0507. The smallest absolute Gasteiger partial charge is 0.261 e. The molecule has 0 radical (unpaired) electrons. The molecule has 0 saturated heterocycles. The topological polar surface area (TPSA) is 26.4 Å². The monoisotopic (exact) mass is 324 g/mol. The van der Waals surface area contributed by atoms with Crippen molar-refractivity contribution < 1.29 is 0 Å². The number of aromatic nitrogens is 2. The molecule has 0 atom stereocenters. The van der Waals surface area contributed by atoms with Gasteiger partial charge in [0, 0.05) is 5.39 Å². The van der Waals surface area contributed by atoms with Crippen molar-refractivity contribution >= 4 is 27.5 Å². The van der Waals surface area contributed by atoms with Crippen LogP contribution in [0.5, 0.6) is 0 Å². The summed E-state index contributed by atoms with van der Waals surface area (Å²) in [7, 11) is 0. The molecule has 0 spiro atoms. The maximum atomic E-state index is 13.2. The summed E-state index contributed by atoms with van der Waals surface area (Å²) in [6.45, 7) is 0.560. The average molecular weight is 324 g/mol. The third-order valence-electron chi connectivity index (χ3n) is 4.77. The van der Waals surface area contributed by atoms with Crippen LogP contribution in [-0.4, -0.2) is 8.97 Å². The maximum Gasteiger partial charge on any atom is 0.261 e. The first-order chi connectivity index (χ1) is 12.3. The van der Waals surface area contributed by atoms with E-state index in [-0.39, 0.29) is 5.56 Å². The van der Waals surface area contributed by atoms with E-state index in [4.69, 9.17) is 0 Å². The Morgan fingerprint density at radius 2 is 1.40 bits per heavy atom. The van der Waals surface area contributed by atoms with Gasteiger partial charge in [0.25, 0.3) is 5.56 Å². The summed E-state index contributed by atoms with van der Waals surface area (Å²) in [5.41, 5.74) is 4.17. The SMILES string of the molecule is O=c1c2ccccc2n2c3ccccc3cc2n1Cc1ccccc1. The molecule has 0 aliphatic heterocycles. The third-order valence-corrected chi connectivity index (χ3v) is 4.77. The fourth-order valence-corrected chi connectivity index (χ4v) is 3.61. The molecule has 2 aromatic heterocycles. The van der Waals surface area contributed by atoms with Crippen molar-refractivity contribution in [3.8, 4) is 0 Å². The Bertz CT molecular complexity index is 1280. The summed E-state index contributed by atoms with van der Waals surface area (Å²) < 4.78 is 4.06. The lowest BCUT2D eigenvalue weighted by atomic mass is 10.2. The predicted octanol–water partition coefficient (Wildman–Crippen LogP) is 4.46. The molecule has 0 saturated carbocycles. The second-order valence-corrected chi connectivity index (χ2v) is 6.29. The summed E-state index contributed by atoms with van der Waals surface area (Å²) in [6.07, 6.45) is 0. The van der Waals surface area contributed by atoms with E-state index in [9.17, 15) is 4.79 Å². The summed E-state index contributed by atoms with van der Waals surface area (Å²) in [4.78, 5) is 13.2. The fourth-order valence-electron chi connectivity index (χ4n) is 3.61. The van der Waals surface area contributed by atoms with Crippen molar-refractivity contribution in [1.82, 2.24) is 8.97 Å². The first kappa shape index (κ1) is 14.1. The molecule has 0 aliphatic carbocycles. The Hall–Kier alpha value is -3.33. The molecule has 3 nitrogen and oxygen atoms in total. The number of fused-ring (bicyclic) bond motifs is 5. The Labute approximate surface area is 144 Å². The average Bonchev–Trinajstić information content (AvgIpc) is 3.05. The van der Waals surface area contributed by atoms with Crippen LogP contribution < -0.4 is 5.56 Å². The molecule has 0 amide bonds. The minimum absolute atomic E-state index is 0.0507. The normalized spacial score (nSPS) is 11.5. The van der Waals surface area contributed by atoms with E-state index in [1.807, 2.05) is 59.2 Å². The van der Waals surface area contributed by atoms with Gasteiger partial charge in [-0.15, -0.1) is 0 Å². The Morgan fingerprint density at radius 3 is 2.24 bits per heavy atom. The minimum Gasteiger partial charge on any atom is -0.295 e. The third kappa shape index (κ3) is 2.09. The van der Waals surface area contributed by atoms with Gasteiger partial charge in [-0.25, -0.2) is 0 Å². The summed E-state index contributed by atoms with van der Waals surface area (Å²) in [6, 6.07) is 28.3. The van der Waals surface area contributed by atoms with Crippen LogP contribution in [0.1, 0.15) is 5.56 Å². The van der Waals surface area contributed by atoms with Crippen LogP contribution in [-0.2, 0) is 6.54 Å². The van der Waals surface area contributed by atoms with Crippen molar-refractivity contribution in [1.29, 1.82) is 0 Å². The molecule has 0 fully saturated rings. The quantitative estimate of drug-likeness (QED) is 0.471. The van der Waals surface area contributed by atoms with Gasteiger partial charge in [-0.2, -0.15) is 0 Å². The van der Waals surface area contributed by atoms with Crippen LogP contribution in [0.3, 0.4) is 0 Å². The summed E-state index contributed by atoms with van der Waals surface area (Å²) in [5.74, 6) is 0. The molecular formula is C22H16N2O. The molecule has 0 aliphatic rings. The first-order valence-electron chi connectivity index (χ1n) is 8.38. The van der Waals surface area contributed by atoms with Gasteiger partial charge in [0.05, 0.1) is 23.0 Å². The van der Waals surface area contributed by atoms with Crippen molar-refractivity contribution in [2.24, 2.45) is 0 Å². The highest BCUT2D eigenvalue weighted by atomic mass is 16.1. The van der Waals surface area contributed by atoms with E-state index >= 15 is 0 Å². The zero-order valence-electron chi connectivity index (χ0n) is 13.6. The highest BCUT2D eigenvalue weighted by Crippen LogP contribution is 2.24. The van der Waals surface area contributed by atoms with Crippen LogP contribution in [0, 0.1) is 0 Å². The molecule has 5 aromatic rings. The molecule has 2 heterocycles. The summed E-state index contributed by atoms with van der Waals surface area (Å²) >= 11 is 0. The van der Waals surface area contributed by atoms with Crippen LogP contribution in [0.25, 0.3) is 27.5 Å². The lowest BCUT2D eigenvalue weighted by Crippen LogP contribution is -2.23. The number of para-hydroxylation sites is 2. The van der Waals surface area contributed by atoms with Gasteiger partial charge in [-0.05, 0) is 29.8 Å². The Balaban J connectivity index is 1.95. The molecular weight excluding hydrogens is 308 g/mol. The van der Waals surface area contributed by atoms with Crippen LogP contribution >= 0.6 is 0 Å². The molecule has 0 bridgehead atoms. The fraction of sp³-hybridized carbons (Fsp3) is 0.0455. The Kier molecular flexibility index (Phi) is 3.01. The maximum absolute atomic E-state index is 13.2. The van der Waals surface area contributed by atoms with Gasteiger partial charge in [0.1, 0.15) is 5.65 Å². The Morgan fingerprint density at radius 1 is 0.720 bits per heavy atom. The number of benzene rings is 3. The number of hydrogen-bond donors (Lipinski definition) is 0. The van der Waals surface area contributed by atoms with E-state index in [1.165, 1.54) is 0 Å². The van der Waals surface area contributed by atoms with Gasteiger partial charge < -0.3 is 0 Å². The van der Waals surface area contributed by atoms with Crippen molar-refractivity contribution in [2.75, 3.05) is 0 Å². The molecule has 25 heavy (non-hydrogen) atoms. The van der Waals surface area contributed by atoms with Crippen LogP contribution in [0.2, 0.25) is 0 Å². The van der Waals surface area contributed by atoms with E-state index in [2.05, 4.69) is 34.7 Å². The van der Waals surface area contributed by atoms with E-state index in [1.54, 1.807) is 0 Å². The van der Waals surface area contributed by atoms with Crippen LogP contribution in [0.4, 0.5) is 0 Å². The van der Waals surface area contributed by atoms with Gasteiger partial charge in [-0.3, -0.25) is 13.8 Å². The highest BCUT2D eigenvalue weighted by Gasteiger charge is 2.13. The lowest BCUT2D eigenvalue weighted by molar-refractivity contribution is 0.783. The molecule has 3 heteroatoms. The van der Waals surface area contributed by atoms with Crippen molar-refractivity contribution in [3.63, 3.8) is 0 Å². The van der Waals surface area contributed by atoms with Gasteiger partial charge in [0.2, 0.25) is 0 Å². The van der Waals surface area contributed by atoms with E-state index in [0.29, 0.717) is 6.54 Å². The van der Waals surface area contributed by atoms with Gasteiger partial charge in [-0.1, -0.05) is 60.7 Å². The molecule has 0 N–H and O–H groups in total. The van der Waals surface area contributed by atoms with E-state index in [0.717, 1.165) is 33.0 Å². The second kappa shape index (κ2) is 5.35. The summed E-state index contributed by atoms with van der Waals surface area (Å²) in [5, 5.41) is 1.88.